The highest BCUT2D eigenvalue weighted by Gasteiger charge is 2.28. The lowest BCUT2D eigenvalue weighted by Crippen LogP contribution is -2.36. The van der Waals surface area contributed by atoms with Gasteiger partial charge in [0.15, 0.2) is 0 Å². The molecule has 0 radical (unpaired) electrons. The Morgan fingerprint density at radius 2 is 2.18 bits per heavy atom. The third-order valence-electron chi connectivity index (χ3n) is 3.12. The first-order valence-corrected chi connectivity index (χ1v) is 6.61. The Balaban J connectivity index is 2.96. The predicted molar refractivity (Wildman–Crippen MR) is 71.3 cm³/mol. The van der Waals surface area contributed by atoms with E-state index in [0.717, 1.165) is 22.9 Å². The number of aliphatic hydroxyl groups excluding tert-OH is 1. The van der Waals surface area contributed by atoms with E-state index in [0.29, 0.717) is 13.0 Å². The summed E-state index contributed by atoms with van der Waals surface area (Å²) in [5.74, 6) is -0.261. The molecule has 3 N–H and O–H groups in total. The molecule has 1 unspecified atom stereocenters. The minimum absolute atomic E-state index is 0.0281. The summed E-state index contributed by atoms with van der Waals surface area (Å²) in [7, 11) is 0. The standard InChI is InChI=1S/C13H19BrFNO/c1-2-5-13(8-16,9-17)7-10-6-11(15)3-4-12(10)14/h3-4,6,17H,2,5,7-9,16H2,1H3. The first kappa shape index (κ1) is 14.6. The van der Waals surface area contributed by atoms with Gasteiger partial charge in [-0.25, -0.2) is 4.39 Å². The minimum Gasteiger partial charge on any atom is -0.396 e. The molecule has 0 aliphatic rings. The number of nitrogens with two attached hydrogens (primary N) is 1. The van der Waals surface area contributed by atoms with Gasteiger partial charge in [0.25, 0.3) is 0 Å². The van der Waals surface area contributed by atoms with Crippen LogP contribution < -0.4 is 5.73 Å². The molecule has 4 heteroatoms. The van der Waals surface area contributed by atoms with E-state index in [1.165, 1.54) is 12.1 Å². The van der Waals surface area contributed by atoms with E-state index >= 15 is 0 Å². The van der Waals surface area contributed by atoms with Crippen LogP contribution in [0.5, 0.6) is 0 Å². The maximum Gasteiger partial charge on any atom is 0.123 e. The van der Waals surface area contributed by atoms with Crippen LogP contribution >= 0.6 is 15.9 Å². The maximum atomic E-state index is 13.2. The lowest BCUT2D eigenvalue weighted by atomic mass is 9.78. The van der Waals surface area contributed by atoms with Crippen LogP contribution in [-0.4, -0.2) is 18.3 Å². The molecule has 0 heterocycles. The molecule has 0 fully saturated rings. The zero-order chi connectivity index (χ0) is 12.9. The summed E-state index contributed by atoms with van der Waals surface area (Å²) in [4.78, 5) is 0. The quantitative estimate of drug-likeness (QED) is 0.849. The third-order valence-corrected chi connectivity index (χ3v) is 3.90. The van der Waals surface area contributed by atoms with Gasteiger partial charge in [0.2, 0.25) is 0 Å². The van der Waals surface area contributed by atoms with Gasteiger partial charge in [0, 0.05) is 16.4 Å². The fourth-order valence-electron chi connectivity index (χ4n) is 2.08. The minimum atomic E-state index is -0.342. The molecule has 0 saturated carbocycles. The Kier molecular flexibility index (Phi) is 5.56. The Morgan fingerprint density at radius 3 is 2.71 bits per heavy atom. The average Bonchev–Trinajstić information content (AvgIpc) is 2.33. The van der Waals surface area contributed by atoms with Crippen LogP contribution in [0.2, 0.25) is 0 Å². The van der Waals surface area contributed by atoms with Gasteiger partial charge in [0.05, 0.1) is 6.61 Å². The number of benzene rings is 1. The number of aliphatic hydroxyl groups is 1. The fourth-order valence-corrected chi connectivity index (χ4v) is 2.46. The van der Waals surface area contributed by atoms with Crippen molar-refractivity contribution >= 4 is 15.9 Å². The van der Waals surface area contributed by atoms with Crippen LogP contribution in [0.3, 0.4) is 0 Å². The lowest BCUT2D eigenvalue weighted by Gasteiger charge is -2.30. The largest absolute Gasteiger partial charge is 0.396 e. The molecular weight excluding hydrogens is 285 g/mol. The van der Waals surface area contributed by atoms with Crippen molar-refractivity contribution in [3.63, 3.8) is 0 Å². The van der Waals surface area contributed by atoms with Crippen molar-refractivity contribution in [2.24, 2.45) is 11.1 Å². The second kappa shape index (κ2) is 6.47. The number of rotatable bonds is 6. The predicted octanol–water partition coefficient (Wildman–Crippen LogP) is 2.87. The van der Waals surface area contributed by atoms with Crippen molar-refractivity contribution in [1.82, 2.24) is 0 Å². The van der Waals surface area contributed by atoms with Gasteiger partial charge in [-0.1, -0.05) is 29.3 Å². The summed E-state index contributed by atoms with van der Waals surface area (Å²) >= 11 is 3.40. The summed E-state index contributed by atoms with van der Waals surface area (Å²) in [5, 5.41) is 9.54. The average molecular weight is 304 g/mol. The van der Waals surface area contributed by atoms with Gasteiger partial charge in [-0.2, -0.15) is 0 Å². The zero-order valence-corrected chi connectivity index (χ0v) is 11.6. The molecule has 0 aliphatic carbocycles. The van der Waals surface area contributed by atoms with Crippen molar-refractivity contribution in [3.05, 3.63) is 34.1 Å². The van der Waals surface area contributed by atoms with E-state index in [1.54, 1.807) is 6.07 Å². The Labute approximate surface area is 110 Å². The van der Waals surface area contributed by atoms with Crippen molar-refractivity contribution in [2.75, 3.05) is 13.2 Å². The number of hydrogen-bond donors (Lipinski definition) is 2. The van der Waals surface area contributed by atoms with E-state index in [-0.39, 0.29) is 17.8 Å². The number of halogens is 2. The molecule has 1 rings (SSSR count). The summed E-state index contributed by atoms with van der Waals surface area (Å²) in [6, 6.07) is 4.60. The molecule has 0 aromatic heterocycles. The smallest absolute Gasteiger partial charge is 0.123 e. The molecule has 1 aromatic carbocycles. The van der Waals surface area contributed by atoms with Crippen molar-refractivity contribution < 1.29 is 9.50 Å². The van der Waals surface area contributed by atoms with Gasteiger partial charge >= 0.3 is 0 Å². The van der Waals surface area contributed by atoms with E-state index in [9.17, 15) is 9.50 Å². The summed E-state index contributed by atoms with van der Waals surface area (Å²) in [6.45, 7) is 2.49. The molecular formula is C13H19BrFNO. The summed E-state index contributed by atoms with van der Waals surface area (Å²) in [6.07, 6.45) is 2.37. The Morgan fingerprint density at radius 1 is 1.47 bits per heavy atom. The monoisotopic (exact) mass is 303 g/mol. The molecule has 96 valence electrons. The zero-order valence-electron chi connectivity index (χ0n) is 10.0. The molecule has 17 heavy (non-hydrogen) atoms. The van der Waals surface area contributed by atoms with Gasteiger partial charge in [0.1, 0.15) is 5.82 Å². The second-order valence-electron chi connectivity index (χ2n) is 4.52. The summed E-state index contributed by atoms with van der Waals surface area (Å²) < 4.78 is 14.1. The third kappa shape index (κ3) is 3.76. The van der Waals surface area contributed by atoms with Crippen LogP contribution in [0.4, 0.5) is 4.39 Å². The highest BCUT2D eigenvalue weighted by Crippen LogP contribution is 2.30. The van der Waals surface area contributed by atoms with Crippen molar-refractivity contribution in [3.8, 4) is 0 Å². The van der Waals surface area contributed by atoms with Crippen molar-refractivity contribution in [1.29, 1.82) is 0 Å². The fraction of sp³-hybridized carbons (Fsp3) is 0.538. The highest BCUT2D eigenvalue weighted by atomic mass is 79.9. The first-order valence-electron chi connectivity index (χ1n) is 5.82. The van der Waals surface area contributed by atoms with Crippen molar-refractivity contribution in [2.45, 2.75) is 26.2 Å². The molecule has 0 aliphatic heterocycles. The molecule has 0 amide bonds. The number of hydrogen-bond acceptors (Lipinski definition) is 2. The van der Waals surface area contributed by atoms with Crippen LogP contribution in [0.1, 0.15) is 25.3 Å². The van der Waals surface area contributed by atoms with E-state index in [1.807, 2.05) is 0 Å². The van der Waals surface area contributed by atoms with Gasteiger partial charge < -0.3 is 10.8 Å². The Bertz CT molecular complexity index is 366. The van der Waals surface area contributed by atoms with Crippen LogP contribution in [0, 0.1) is 11.2 Å². The molecule has 0 spiro atoms. The van der Waals surface area contributed by atoms with E-state index in [4.69, 9.17) is 5.73 Å². The van der Waals surface area contributed by atoms with Crippen LogP contribution in [0.25, 0.3) is 0 Å². The molecule has 0 bridgehead atoms. The maximum absolute atomic E-state index is 13.2. The van der Waals surface area contributed by atoms with E-state index < -0.39 is 0 Å². The Hall–Kier alpha value is -0.450. The van der Waals surface area contributed by atoms with Crippen LogP contribution in [-0.2, 0) is 6.42 Å². The van der Waals surface area contributed by atoms with Gasteiger partial charge in [-0.05, 0) is 36.6 Å². The molecule has 0 saturated heterocycles. The molecule has 1 aromatic rings. The van der Waals surface area contributed by atoms with Crippen LogP contribution in [0.15, 0.2) is 22.7 Å². The normalized spacial score (nSPS) is 14.6. The van der Waals surface area contributed by atoms with E-state index in [2.05, 4.69) is 22.9 Å². The highest BCUT2D eigenvalue weighted by molar-refractivity contribution is 9.10. The second-order valence-corrected chi connectivity index (χ2v) is 5.38. The first-order chi connectivity index (χ1) is 8.06. The lowest BCUT2D eigenvalue weighted by molar-refractivity contribution is 0.121. The molecule has 1 atom stereocenters. The summed E-state index contributed by atoms with van der Waals surface area (Å²) in [5.41, 5.74) is 6.29. The topological polar surface area (TPSA) is 46.2 Å². The molecule has 2 nitrogen and oxygen atoms in total. The SMILES string of the molecule is CCCC(CN)(CO)Cc1cc(F)ccc1Br. The van der Waals surface area contributed by atoms with Gasteiger partial charge in [-0.15, -0.1) is 0 Å². The van der Waals surface area contributed by atoms with Gasteiger partial charge in [-0.3, -0.25) is 0 Å².